The standard InChI is InChI=1S/C14H12Cl2N2O3/c1-21-11-3-4-12(16)13(7-11)17-8-9-6-10(15)2-5-14(9)18(19)20/h2-7,17H,8H2,1H3. The van der Waals surface area contributed by atoms with Gasteiger partial charge >= 0.3 is 0 Å². The van der Waals surface area contributed by atoms with Gasteiger partial charge in [-0.1, -0.05) is 23.2 Å². The van der Waals surface area contributed by atoms with Crippen LogP contribution in [0, 0.1) is 10.1 Å². The Balaban J connectivity index is 2.24. The highest BCUT2D eigenvalue weighted by Gasteiger charge is 2.14. The van der Waals surface area contributed by atoms with Crippen LogP contribution in [-0.2, 0) is 6.54 Å². The number of nitro groups is 1. The number of halogens is 2. The third kappa shape index (κ3) is 3.77. The molecule has 0 saturated heterocycles. The molecule has 110 valence electrons. The second-order valence-electron chi connectivity index (χ2n) is 4.23. The minimum absolute atomic E-state index is 0.00548. The monoisotopic (exact) mass is 326 g/mol. The Morgan fingerprint density at radius 1 is 1.24 bits per heavy atom. The molecule has 1 N–H and O–H groups in total. The van der Waals surface area contributed by atoms with Crippen molar-refractivity contribution >= 4 is 34.6 Å². The molecule has 0 amide bonds. The molecule has 0 aliphatic heterocycles. The van der Waals surface area contributed by atoms with Gasteiger partial charge in [-0.25, -0.2) is 0 Å². The highest BCUT2D eigenvalue weighted by molar-refractivity contribution is 6.33. The Labute approximate surface area is 131 Å². The number of hydrogen-bond acceptors (Lipinski definition) is 4. The Bertz CT molecular complexity index is 677. The molecule has 0 bridgehead atoms. The lowest BCUT2D eigenvalue weighted by Crippen LogP contribution is -2.03. The quantitative estimate of drug-likeness (QED) is 0.648. The van der Waals surface area contributed by atoms with Crippen LogP contribution in [-0.4, -0.2) is 12.0 Å². The van der Waals surface area contributed by atoms with Gasteiger partial charge in [0.15, 0.2) is 0 Å². The molecule has 0 saturated carbocycles. The van der Waals surface area contributed by atoms with Crippen LogP contribution in [0.1, 0.15) is 5.56 Å². The number of nitrogens with one attached hydrogen (secondary N) is 1. The third-order valence-corrected chi connectivity index (χ3v) is 3.45. The van der Waals surface area contributed by atoms with Gasteiger partial charge in [0.25, 0.3) is 5.69 Å². The third-order valence-electron chi connectivity index (χ3n) is 2.88. The molecular weight excluding hydrogens is 315 g/mol. The van der Waals surface area contributed by atoms with Crippen LogP contribution in [0.2, 0.25) is 10.0 Å². The highest BCUT2D eigenvalue weighted by atomic mass is 35.5. The molecule has 2 aromatic rings. The van der Waals surface area contributed by atoms with Crippen molar-refractivity contribution in [3.05, 3.63) is 62.1 Å². The van der Waals surface area contributed by atoms with Crippen molar-refractivity contribution in [2.24, 2.45) is 0 Å². The van der Waals surface area contributed by atoms with E-state index in [4.69, 9.17) is 27.9 Å². The minimum Gasteiger partial charge on any atom is -0.497 e. The lowest BCUT2D eigenvalue weighted by atomic mass is 10.1. The van der Waals surface area contributed by atoms with Gasteiger partial charge in [-0.3, -0.25) is 10.1 Å². The zero-order valence-corrected chi connectivity index (χ0v) is 12.6. The van der Waals surface area contributed by atoms with Gasteiger partial charge < -0.3 is 10.1 Å². The first-order valence-electron chi connectivity index (χ1n) is 6.01. The van der Waals surface area contributed by atoms with E-state index in [0.717, 1.165) is 0 Å². The van der Waals surface area contributed by atoms with Gasteiger partial charge in [0.2, 0.25) is 0 Å². The second kappa shape index (κ2) is 6.65. The Morgan fingerprint density at radius 2 is 2.00 bits per heavy atom. The summed E-state index contributed by atoms with van der Waals surface area (Å²) in [4.78, 5) is 10.6. The number of nitrogens with zero attached hydrogens (tertiary/aromatic N) is 1. The number of benzene rings is 2. The van der Waals surface area contributed by atoms with Crippen molar-refractivity contribution in [2.75, 3.05) is 12.4 Å². The number of ether oxygens (including phenoxy) is 1. The first-order chi connectivity index (χ1) is 10.0. The molecule has 7 heteroatoms. The maximum atomic E-state index is 11.0. The molecule has 2 rings (SSSR count). The summed E-state index contributed by atoms with van der Waals surface area (Å²) in [7, 11) is 1.55. The maximum absolute atomic E-state index is 11.0. The van der Waals surface area contributed by atoms with Gasteiger partial charge in [-0.2, -0.15) is 0 Å². The summed E-state index contributed by atoms with van der Waals surface area (Å²) >= 11 is 12.0. The summed E-state index contributed by atoms with van der Waals surface area (Å²) in [5, 5.41) is 15.0. The van der Waals surface area contributed by atoms with Crippen LogP contribution in [0.3, 0.4) is 0 Å². The average Bonchev–Trinajstić information content (AvgIpc) is 2.46. The van der Waals surface area contributed by atoms with Gasteiger partial charge in [0, 0.05) is 23.7 Å². The van der Waals surface area contributed by atoms with E-state index in [1.165, 1.54) is 12.1 Å². The van der Waals surface area contributed by atoms with E-state index in [1.807, 2.05) is 0 Å². The molecule has 0 spiro atoms. The van der Waals surface area contributed by atoms with Crippen molar-refractivity contribution < 1.29 is 9.66 Å². The van der Waals surface area contributed by atoms with Gasteiger partial charge in [0.1, 0.15) is 5.75 Å². The summed E-state index contributed by atoms with van der Waals surface area (Å²) in [5.74, 6) is 0.641. The molecule has 5 nitrogen and oxygen atoms in total. The molecule has 0 fully saturated rings. The number of methoxy groups -OCH3 is 1. The summed E-state index contributed by atoms with van der Waals surface area (Å²) < 4.78 is 5.11. The fraction of sp³-hybridized carbons (Fsp3) is 0.143. The molecular formula is C14H12Cl2N2O3. The molecule has 0 radical (unpaired) electrons. The van der Waals surface area contributed by atoms with Crippen molar-refractivity contribution in [3.63, 3.8) is 0 Å². The fourth-order valence-corrected chi connectivity index (χ4v) is 2.21. The first kappa shape index (κ1) is 15.4. The van der Waals surface area contributed by atoms with Crippen LogP contribution in [0.4, 0.5) is 11.4 Å². The topological polar surface area (TPSA) is 64.4 Å². The van der Waals surface area contributed by atoms with E-state index in [2.05, 4.69) is 5.32 Å². The smallest absolute Gasteiger partial charge is 0.274 e. The van der Waals surface area contributed by atoms with E-state index in [1.54, 1.807) is 31.4 Å². The number of anilines is 1. The summed E-state index contributed by atoms with van der Waals surface area (Å²) in [6, 6.07) is 9.57. The van der Waals surface area contributed by atoms with Gasteiger partial charge in [-0.05, 0) is 24.3 Å². The van der Waals surface area contributed by atoms with Crippen LogP contribution in [0.15, 0.2) is 36.4 Å². The second-order valence-corrected chi connectivity index (χ2v) is 5.07. The van der Waals surface area contributed by atoms with E-state index < -0.39 is 4.92 Å². The molecule has 0 heterocycles. The summed E-state index contributed by atoms with van der Waals surface area (Å²) in [6.45, 7) is 0.226. The maximum Gasteiger partial charge on any atom is 0.274 e. The van der Waals surface area contributed by atoms with Crippen molar-refractivity contribution in [1.82, 2.24) is 0 Å². The Hall–Kier alpha value is -1.98. The number of nitro benzene ring substituents is 1. The molecule has 0 aliphatic carbocycles. The first-order valence-corrected chi connectivity index (χ1v) is 6.77. The minimum atomic E-state index is -0.444. The van der Waals surface area contributed by atoms with Crippen molar-refractivity contribution in [2.45, 2.75) is 6.54 Å². The Kier molecular flexibility index (Phi) is 4.88. The molecule has 2 aromatic carbocycles. The zero-order chi connectivity index (χ0) is 15.4. The van der Waals surface area contributed by atoms with Crippen LogP contribution >= 0.6 is 23.2 Å². The lowest BCUT2D eigenvalue weighted by Gasteiger charge is -2.10. The lowest BCUT2D eigenvalue weighted by molar-refractivity contribution is -0.385. The predicted octanol–water partition coefficient (Wildman–Crippen LogP) is 4.52. The van der Waals surface area contributed by atoms with Crippen LogP contribution in [0.5, 0.6) is 5.75 Å². The SMILES string of the molecule is COc1ccc(Cl)c(NCc2cc(Cl)ccc2[N+](=O)[O-])c1. The molecule has 0 atom stereocenters. The fourth-order valence-electron chi connectivity index (χ4n) is 1.83. The summed E-state index contributed by atoms with van der Waals surface area (Å²) in [6.07, 6.45) is 0. The molecule has 0 unspecified atom stereocenters. The largest absolute Gasteiger partial charge is 0.497 e. The Morgan fingerprint density at radius 3 is 2.67 bits per heavy atom. The molecule has 0 aliphatic rings. The average molecular weight is 327 g/mol. The number of hydrogen-bond donors (Lipinski definition) is 1. The predicted molar refractivity (Wildman–Crippen MR) is 83.4 cm³/mol. The molecule has 21 heavy (non-hydrogen) atoms. The normalized spacial score (nSPS) is 10.2. The van der Waals surface area contributed by atoms with E-state index in [-0.39, 0.29) is 12.2 Å². The summed E-state index contributed by atoms with van der Waals surface area (Å²) in [5.41, 5.74) is 1.11. The van der Waals surface area contributed by atoms with Gasteiger partial charge in [0.05, 0.1) is 28.3 Å². The van der Waals surface area contributed by atoms with E-state index >= 15 is 0 Å². The molecule has 0 aromatic heterocycles. The number of rotatable bonds is 5. The van der Waals surface area contributed by atoms with Crippen molar-refractivity contribution in [1.29, 1.82) is 0 Å². The van der Waals surface area contributed by atoms with E-state index in [9.17, 15) is 10.1 Å². The van der Waals surface area contributed by atoms with Crippen LogP contribution < -0.4 is 10.1 Å². The highest BCUT2D eigenvalue weighted by Crippen LogP contribution is 2.29. The van der Waals surface area contributed by atoms with Crippen LogP contribution in [0.25, 0.3) is 0 Å². The zero-order valence-electron chi connectivity index (χ0n) is 11.1. The van der Waals surface area contributed by atoms with Crippen molar-refractivity contribution in [3.8, 4) is 5.75 Å². The van der Waals surface area contributed by atoms with E-state index in [0.29, 0.717) is 27.0 Å². The van der Waals surface area contributed by atoms with Gasteiger partial charge in [-0.15, -0.1) is 0 Å².